The molecule has 0 heterocycles. The van der Waals surface area contributed by atoms with Gasteiger partial charge in [-0.15, -0.1) is 0 Å². The molecule has 0 unspecified atom stereocenters. The van der Waals surface area contributed by atoms with Gasteiger partial charge in [0.15, 0.2) is 0 Å². The molecule has 0 atom stereocenters. The van der Waals surface area contributed by atoms with Gasteiger partial charge in [0.1, 0.15) is 11.2 Å². The summed E-state index contributed by atoms with van der Waals surface area (Å²) < 4.78 is 12.9. The Bertz CT molecular complexity index is 506. The predicted octanol–water partition coefficient (Wildman–Crippen LogP) is 3.44. The van der Waals surface area contributed by atoms with Crippen molar-refractivity contribution in [2.75, 3.05) is 18.4 Å². The number of anilines is 1. The van der Waals surface area contributed by atoms with E-state index in [9.17, 15) is 14.0 Å². The molecule has 22 heavy (non-hydrogen) atoms. The molecule has 0 aromatic heterocycles. The topological polar surface area (TPSA) is 49.4 Å². The lowest BCUT2D eigenvalue weighted by Gasteiger charge is -2.30. The van der Waals surface area contributed by atoms with Crippen LogP contribution in [0.2, 0.25) is 0 Å². The molecular weight excluding hydrogens is 283 g/mol. The normalized spacial score (nSPS) is 11.1. The first-order valence-corrected chi connectivity index (χ1v) is 7.69. The molecule has 1 aromatic rings. The fourth-order valence-electron chi connectivity index (χ4n) is 2.17. The van der Waals surface area contributed by atoms with Crippen LogP contribution in [0.25, 0.3) is 0 Å². The van der Waals surface area contributed by atoms with Crippen LogP contribution in [0.5, 0.6) is 0 Å². The summed E-state index contributed by atoms with van der Waals surface area (Å²) in [7, 11) is 0. The minimum atomic E-state index is -1.17. The first kappa shape index (κ1) is 18.1. The highest BCUT2D eigenvalue weighted by molar-refractivity contribution is 6.09. The first-order valence-electron chi connectivity index (χ1n) is 7.69. The van der Waals surface area contributed by atoms with Crippen LogP contribution in [0.15, 0.2) is 24.3 Å². The zero-order chi connectivity index (χ0) is 16.8. The average Bonchev–Trinajstić information content (AvgIpc) is 2.48. The van der Waals surface area contributed by atoms with Crippen LogP contribution < -0.4 is 5.32 Å². The van der Waals surface area contributed by atoms with Gasteiger partial charge in [0, 0.05) is 18.8 Å². The largest absolute Gasteiger partial charge is 0.342 e. The molecule has 1 rings (SSSR count). The number of amides is 2. The van der Waals surface area contributed by atoms with Crippen molar-refractivity contribution in [1.29, 1.82) is 0 Å². The Balaban J connectivity index is 2.83. The monoisotopic (exact) mass is 308 g/mol. The van der Waals surface area contributed by atoms with Crippen molar-refractivity contribution in [3.8, 4) is 0 Å². The van der Waals surface area contributed by atoms with Crippen LogP contribution in [-0.2, 0) is 9.59 Å². The molecule has 0 aliphatic rings. The van der Waals surface area contributed by atoms with Gasteiger partial charge in [-0.2, -0.15) is 0 Å². The molecule has 122 valence electrons. The third kappa shape index (κ3) is 4.55. The number of nitrogens with one attached hydrogen (secondary N) is 1. The highest BCUT2D eigenvalue weighted by atomic mass is 19.1. The molecule has 4 nitrogen and oxygen atoms in total. The minimum absolute atomic E-state index is 0.184. The lowest BCUT2D eigenvalue weighted by molar-refractivity contribution is -0.146. The van der Waals surface area contributed by atoms with E-state index in [0.29, 0.717) is 18.8 Å². The molecule has 5 heteroatoms. The predicted molar refractivity (Wildman–Crippen MR) is 86.0 cm³/mol. The van der Waals surface area contributed by atoms with E-state index >= 15 is 0 Å². The van der Waals surface area contributed by atoms with E-state index in [2.05, 4.69) is 5.32 Å². The lowest BCUT2D eigenvalue weighted by Crippen LogP contribution is -2.47. The van der Waals surface area contributed by atoms with E-state index in [1.807, 2.05) is 13.8 Å². The first-order chi connectivity index (χ1) is 10.3. The minimum Gasteiger partial charge on any atom is -0.342 e. The van der Waals surface area contributed by atoms with Gasteiger partial charge in [0.2, 0.25) is 11.8 Å². The van der Waals surface area contributed by atoms with Gasteiger partial charge in [0.05, 0.1) is 0 Å². The zero-order valence-corrected chi connectivity index (χ0v) is 13.8. The molecule has 0 fully saturated rings. The van der Waals surface area contributed by atoms with Crippen molar-refractivity contribution in [3.05, 3.63) is 30.1 Å². The number of hydrogen-bond donors (Lipinski definition) is 1. The van der Waals surface area contributed by atoms with Crippen molar-refractivity contribution in [2.24, 2.45) is 5.41 Å². The fourth-order valence-corrected chi connectivity index (χ4v) is 2.17. The number of carbonyl (C=O) groups excluding carboxylic acids is 2. The molecule has 1 aromatic carbocycles. The van der Waals surface area contributed by atoms with Crippen molar-refractivity contribution in [2.45, 2.75) is 40.5 Å². The Morgan fingerprint density at radius 2 is 1.59 bits per heavy atom. The summed E-state index contributed by atoms with van der Waals surface area (Å²) in [5, 5.41) is 2.68. The second kappa shape index (κ2) is 7.92. The Labute approximate surface area is 131 Å². The summed E-state index contributed by atoms with van der Waals surface area (Å²) in [5.74, 6) is -0.942. The maximum atomic E-state index is 12.9. The van der Waals surface area contributed by atoms with Crippen LogP contribution in [0.3, 0.4) is 0 Å². The van der Waals surface area contributed by atoms with E-state index in [1.165, 1.54) is 24.3 Å². The van der Waals surface area contributed by atoms with Crippen molar-refractivity contribution in [1.82, 2.24) is 4.90 Å². The molecule has 2 amide bonds. The molecule has 0 aliphatic heterocycles. The van der Waals surface area contributed by atoms with E-state index in [0.717, 1.165) is 12.8 Å². The highest BCUT2D eigenvalue weighted by Crippen LogP contribution is 2.22. The Morgan fingerprint density at radius 3 is 2.05 bits per heavy atom. The van der Waals surface area contributed by atoms with Crippen LogP contribution in [0.1, 0.15) is 40.5 Å². The molecule has 0 radical (unpaired) electrons. The molecule has 0 aliphatic carbocycles. The SMILES string of the molecule is CCCN(CCC)C(=O)C(C)(C)C(=O)Nc1ccc(F)cc1. The summed E-state index contributed by atoms with van der Waals surface area (Å²) in [4.78, 5) is 26.8. The molecule has 0 bridgehead atoms. The van der Waals surface area contributed by atoms with Crippen LogP contribution in [-0.4, -0.2) is 29.8 Å². The Morgan fingerprint density at radius 1 is 1.09 bits per heavy atom. The van der Waals surface area contributed by atoms with Gasteiger partial charge in [-0.3, -0.25) is 9.59 Å². The summed E-state index contributed by atoms with van der Waals surface area (Å²) in [6.45, 7) is 8.52. The smallest absolute Gasteiger partial charge is 0.239 e. The average molecular weight is 308 g/mol. The number of hydrogen-bond acceptors (Lipinski definition) is 2. The van der Waals surface area contributed by atoms with E-state index in [-0.39, 0.29) is 17.6 Å². The quantitative estimate of drug-likeness (QED) is 0.784. The van der Waals surface area contributed by atoms with Crippen molar-refractivity contribution < 1.29 is 14.0 Å². The number of nitrogens with zero attached hydrogens (tertiary/aromatic N) is 1. The second-order valence-electron chi connectivity index (χ2n) is 5.88. The second-order valence-corrected chi connectivity index (χ2v) is 5.88. The van der Waals surface area contributed by atoms with Crippen molar-refractivity contribution in [3.63, 3.8) is 0 Å². The summed E-state index contributed by atoms with van der Waals surface area (Å²) in [6.07, 6.45) is 1.70. The number of halogens is 1. The number of rotatable bonds is 7. The lowest BCUT2D eigenvalue weighted by atomic mass is 9.90. The number of carbonyl (C=O) groups is 2. The van der Waals surface area contributed by atoms with Gasteiger partial charge in [-0.25, -0.2) is 4.39 Å². The molecule has 0 saturated carbocycles. The van der Waals surface area contributed by atoms with Gasteiger partial charge in [-0.05, 0) is 51.0 Å². The standard InChI is InChI=1S/C17H25FN2O2/c1-5-11-20(12-6-2)16(22)17(3,4)15(21)19-14-9-7-13(18)8-10-14/h7-10H,5-6,11-12H2,1-4H3,(H,19,21). The Hall–Kier alpha value is -1.91. The van der Waals surface area contributed by atoms with E-state index < -0.39 is 5.41 Å². The van der Waals surface area contributed by atoms with Gasteiger partial charge in [0.25, 0.3) is 0 Å². The zero-order valence-electron chi connectivity index (χ0n) is 13.8. The summed E-state index contributed by atoms with van der Waals surface area (Å²) in [5.41, 5.74) is -0.691. The third-order valence-corrected chi connectivity index (χ3v) is 3.48. The Kier molecular flexibility index (Phi) is 6.53. The van der Waals surface area contributed by atoms with Gasteiger partial charge >= 0.3 is 0 Å². The molecular formula is C17H25FN2O2. The van der Waals surface area contributed by atoms with Gasteiger partial charge in [-0.1, -0.05) is 13.8 Å². The third-order valence-electron chi connectivity index (χ3n) is 3.48. The highest BCUT2D eigenvalue weighted by Gasteiger charge is 2.38. The van der Waals surface area contributed by atoms with Crippen molar-refractivity contribution >= 4 is 17.5 Å². The maximum Gasteiger partial charge on any atom is 0.239 e. The maximum absolute atomic E-state index is 12.9. The fraction of sp³-hybridized carbons (Fsp3) is 0.529. The molecule has 1 N–H and O–H groups in total. The van der Waals surface area contributed by atoms with Crippen LogP contribution in [0.4, 0.5) is 10.1 Å². The molecule has 0 spiro atoms. The van der Waals surface area contributed by atoms with E-state index in [1.54, 1.807) is 18.7 Å². The van der Waals surface area contributed by atoms with Gasteiger partial charge < -0.3 is 10.2 Å². The summed E-state index contributed by atoms with van der Waals surface area (Å²) >= 11 is 0. The number of benzene rings is 1. The summed E-state index contributed by atoms with van der Waals surface area (Å²) in [6, 6.07) is 5.49. The van der Waals surface area contributed by atoms with Crippen LogP contribution in [0, 0.1) is 11.2 Å². The molecule has 0 saturated heterocycles. The van der Waals surface area contributed by atoms with E-state index in [4.69, 9.17) is 0 Å². The van der Waals surface area contributed by atoms with Crippen LogP contribution >= 0.6 is 0 Å².